The van der Waals surface area contributed by atoms with E-state index in [0.717, 1.165) is 17.1 Å². The van der Waals surface area contributed by atoms with Gasteiger partial charge in [-0.1, -0.05) is 0 Å². The van der Waals surface area contributed by atoms with Crippen molar-refractivity contribution in [2.45, 2.75) is 44.7 Å². The van der Waals surface area contributed by atoms with Crippen molar-refractivity contribution >= 4 is 17.2 Å². The van der Waals surface area contributed by atoms with Crippen molar-refractivity contribution in [3.8, 4) is 0 Å². The number of pyridine rings is 1. The molecule has 3 aromatic heterocycles. The fourth-order valence-electron chi connectivity index (χ4n) is 4.60. The maximum Gasteiger partial charge on any atom is 0.332 e. The number of carbonyl (C=O) groups is 1. The lowest BCUT2D eigenvalue weighted by molar-refractivity contribution is 0.0662. The molecular weight excluding hydrogens is 416 g/mol. The van der Waals surface area contributed by atoms with Crippen LogP contribution in [0.4, 0.5) is 0 Å². The smallest absolute Gasteiger partial charge is 0.332 e. The second-order valence-electron chi connectivity index (χ2n) is 8.16. The van der Waals surface area contributed by atoms with Crippen LogP contribution in [0, 0.1) is 6.92 Å². The Bertz CT molecular complexity index is 1250. The van der Waals surface area contributed by atoms with Gasteiger partial charge in [0.05, 0.1) is 17.2 Å². The highest BCUT2D eigenvalue weighted by Crippen LogP contribution is 2.41. The number of aromatic nitrogens is 5. The second kappa shape index (κ2) is 7.52. The summed E-state index contributed by atoms with van der Waals surface area (Å²) < 4.78 is 2.79. The third-order valence-corrected chi connectivity index (χ3v) is 7.16. The van der Waals surface area contributed by atoms with Crippen LogP contribution in [0.2, 0.25) is 0 Å². The van der Waals surface area contributed by atoms with E-state index in [1.54, 1.807) is 24.5 Å². The molecule has 0 atom stereocenters. The molecule has 0 aromatic carbocycles. The van der Waals surface area contributed by atoms with Crippen molar-refractivity contribution in [2.24, 2.45) is 0 Å². The van der Waals surface area contributed by atoms with E-state index in [1.165, 1.54) is 20.6 Å². The van der Waals surface area contributed by atoms with Gasteiger partial charge in [0.15, 0.2) is 0 Å². The summed E-state index contributed by atoms with van der Waals surface area (Å²) >= 11 is 1.50. The molecule has 2 aliphatic rings. The van der Waals surface area contributed by atoms with E-state index in [-0.39, 0.29) is 17.9 Å². The van der Waals surface area contributed by atoms with Crippen LogP contribution in [0.3, 0.4) is 0 Å². The van der Waals surface area contributed by atoms with E-state index < -0.39 is 11.1 Å². The Morgan fingerprint density at radius 2 is 1.81 bits per heavy atom. The van der Waals surface area contributed by atoms with E-state index in [9.17, 15) is 14.4 Å². The molecule has 1 fully saturated rings. The molecule has 0 bridgehead atoms. The number of piperidine rings is 1. The molecule has 0 saturated carbocycles. The lowest BCUT2D eigenvalue weighted by atomic mass is 9.76. The minimum atomic E-state index is -0.614. The Morgan fingerprint density at radius 3 is 2.48 bits per heavy atom. The summed E-state index contributed by atoms with van der Waals surface area (Å²) in [6.07, 6.45) is 5.41. The first-order valence-corrected chi connectivity index (χ1v) is 11.2. The van der Waals surface area contributed by atoms with Gasteiger partial charge < -0.3 is 4.90 Å². The Morgan fingerprint density at radius 1 is 1.10 bits per heavy atom. The van der Waals surface area contributed by atoms with E-state index in [0.29, 0.717) is 43.9 Å². The number of hydrogen-bond donors (Lipinski definition) is 0. The number of rotatable bonds is 3. The van der Waals surface area contributed by atoms with Crippen LogP contribution in [0.5, 0.6) is 0 Å². The summed E-state index contributed by atoms with van der Waals surface area (Å²) in [7, 11) is 0. The van der Waals surface area contributed by atoms with Gasteiger partial charge in [-0.05, 0) is 38.3 Å². The van der Waals surface area contributed by atoms with Crippen molar-refractivity contribution in [1.29, 1.82) is 0 Å². The number of carbonyl (C=O) groups excluding carboxylic acids is 1. The molecule has 9 nitrogen and oxygen atoms in total. The average molecular weight is 439 g/mol. The topological polar surface area (TPSA) is 103 Å². The molecule has 1 saturated heterocycles. The number of likely N-dealkylation sites (tertiary alicyclic amines) is 1. The van der Waals surface area contributed by atoms with Gasteiger partial charge in [-0.2, -0.15) is 5.10 Å². The zero-order chi connectivity index (χ0) is 21.6. The number of amides is 1. The van der Waals surface area contributed by atoms with Crippen LogP contribution in [0.25, 0.3) is 0 Å². The highest BCUT2D eigenvalue weighted by molar-refractivity contribution is 7.09. The summed E-state index contributed by atoms with van der Waals surface area (Å²) in [4.78, 5) is 48.3. The quantitative estimate of drug-likeness (QED) is 0.569. The molecule has 5 rings (SSSR count). The van der Waals surface area contributed by atoms with E-state index >= 15 is 0 Å². The van der Waals surface area contributed by atoms with Crippen molar-refractivity contribution in [1.82, 2.24) is 29.2 Å². The highest BCUT2D eigenvalue weighted by Gasteiger charge is 2.45. The maximum atomic E-state index is 12.8. The molecular formula is C21H22N6O3S. The van der Waals surface area contributed by atoms with Crippen LogP contribution >= 0.6 is 11.3 Å². The molecule has 0 radical (unpaired) electrons. The summed E-state index contributed by atoms with van der Waals surface area (Å²) in [5.74, 6) is 0.657. The van der Waals surface area contributed by atoms with Gasteiger partial charge in [0.2, 0.25) is 0 Å². The predicted molar refractivity (Wildman–Crippen MR) is 114 cm³/mol. The molecule has 5 heterocycles. The summed E-state index contributed by atoms with van der Waals surface area (Å²) in [5.41, 5.74) is -0.0756. The largest absolute Gasteiger partial charge is 0.339 e. The van der Waals surface area contributed by atoms with Crippen molar-refractivity contribution < 1.29 is 4.79 Å². The van der Waals surface area contributed by atoms with Crippen LogP contribution in [-0.2, 0) is 18.5 Å². The molecule has 0 unspecified atom stereocenters. The third-order valence-electron chi connectivity index (χ3n) is 6.34. The molecule has 160 valence electrons. The van der Waals surface area contributed by atoms with Gasteiger partial charge in [0.1, 0.15) is 5.82 Å². The highest BCUT2D eigenvalue weighted by atomic mass is 32.1. The van der Waals surface area contributed by atoms with Crippen LogP contribution in [-0.4, -0.2) is 48.2 Å². The molecule has 3 aromatic rings. The zero-order valence-corrected chi connectivity index (χ0v) is 18.0. The van der Waals surface area contributed by atoms with Crippen LogP contribution in [0.1, 0.15) is 46.1 Å². The number of hydrogen-bond acceptors (Lipinski definition) is 7. The first kappa shape index (κ1) is 19.8. The van der Waals surface area contributed by atoms with Gasteiger partial charge >= 0.3 is 11.1 Å². The van der Waals surface area contributed by atoms with E-state index in [4.69, 9.17) is 0 Å². The molecule has 0 N–H and O–H groups in total. The second-order valence-corrected chi connectivity index (χ2v) is 9.22. The Balaban J connectivity index is 1.42. The SMILES string of the molecule is Cc1nc(Cn2nc3n(c(=O)c2=O)CCC32CCN(C(=O)c3ccncc3)CC2)cs1. The standard InChI is InChI=1S/C21H22N6O3S/c1-14-23-16(13-31-14)12-27-19(30)18(29)26-11-6-21(20(26)24-27)4-9-25(10-5-21)17(28)15-2-7-22-8-3-15/h2-3,7-8,13H,4-6,9-12H2,1H3. The summed E-state index contributed by atoms with van der Waals surface area (Å²) in [6.45, 7) is 3.75. The third kappa shape index (κ3) is 3.40. The first-order chi connectivity index (χ1) is 15.0. The predicted octanol–water partition coefficient (Wildman–Crippen LogP) is 1.19. The number of thiazole rings is 1. The Kier molecular flexibility index (Phi) is 4.81. The fraction of sp³-hybridized carbons (Fsp3) is 0.429. The van der Waals surface area contributed by atoms with Crippen molar-refractivity contribution in [3.63, 3.8) is 0 Å². The monoisotopic (exact) mass is 438 g/mol. The lowest BCUT2D eigenvalue weighted by Crippen LogP contribution is -2.48. The lowest BCUT2D eigenvalue weighted by Gasteiger charge is -2.38. The Hall–Kier alpha value is -3.14. The molecule has 1 spiro atoms. The first-order valence-electron chi connectivity index (χ1n) is 10.3. The number of fused-ring (bicyclic) bond motifs is 2. The minimum Gasteiger partial charge on any atom is -0.339 e. The Labute approximate surface area is 182 Å². The number of nitrogens with zero attached hydrogens (tertiary/aromatic N) is 6. The fourth-order valence-corrected chi connectivity index (χ4v) is 5.21. The van der Waals surface area contributed by atoms with Crippen molar-refractivity contribution in [3.05, 3.63) is 72.7 Å². The van der Waals surface area contributed by atoms with Gasteiger partial charge in [-0.15, -0.1) is 11.3 Å². The van der Waals surface area contributed by atoms with Gasteiger partial charge in [0, 0.05) is 48.4 Å². The molecule has 10 heteroatoms. The van der Waals surface area contributed by atoms with E-state index in [1.807, 2.05) is 17.2 Å². The van der Waals surface area contributed by atoms with Gasteiger partial charge in [-0.3, -0.25) is 23.9 Å². The van der Waals surface area contributed by atoms with Gasteiger partial charge in [-0.25, -0.2) is 9.67 Å². The van der Waals surface area contributed by atoms with Crippen LogP contribution in [0.15, 0.2) is 39.5 Å². The molecule has 1 amide bonds. The van der Waals surface area contributed by atoms with Crippen molar-refractivity contribution in [2.75, 3.05) is 13.1 Å². The van der Waals surface area contributed by atoms with Gasteiger partial charge in [0.25, 0.3) is 5.91 Å². The minimum absolute atomic E-state index is 0.00975. The molecule has 0 aliphatic carbocycles. The van der Waals surface area contributed by atoms with E-state index in [2.05, 4.69) is 15.1 Å². The summed E-state index contributed by atoms with van der Waals surface area (Å²) in [6, 6.07) is 3.44. The maximum absolute atomic E-state index is 12.8. The zero-order valence-electron chi connectivity index (χ0n) is 17.2. The average Bonchev–Trinajstić information content (AvgIpc) is 3.36. The number of aryl methyl sites for hydroxylation is 1. The molecule has 31 heavy (non-hydrogen) atoms. The summed E-state index contributed by atoms with van der Waals surface area (Å²) in [5, 5.41) is 7.43. The molecule has 2 aliphatic heterocycles. The normalized spacial score (nSPS) is 17.1. The van der Waals surface area contributed by atoms with Crippen LogP contribution < -0.4 is 11.1 Å².